The standard InChI is InChI=1S/C23H33N3O5/c1-16-13-24(14-17(2)30-16)15-20-5-7-21(8-6-20)23(29)31-18(3)22(28)26-11-9-25(10-12-26)19(4)27/h5-8,16-18H,9-15H2,1-4H3. The Labute approximate surface area is 184 Å². The van der Waals surface area contributed by atoms with Crippen LogP contribution in [0.4, 0.5) is 0 Å². The van der Waals surface area contributed by atoms with Gasteiger partial charge in [-0.3, -0.25) is 14.5 Å². The highest BCUT2D eigenvalue weighted by Crippen LogP contribution is 2.16. The van der Waals surface area contributed by atoms with E-state index >= 15 is 0 Å². The van der Waals surface area contributed by atoms with Crippen molar-refractivity contribution in [2.45, 2.75) is 52.6 Å². The van der Waals surface area contributed by atoms with E-state index in [1.807, 2.05) is 12.1 Å². The van der Waals surface area contributed by atoms with Crippen LogP contribution in [-0.2, 0) is 25.6 Å². The first-order valence-electron chi connectivity index (χ1n) is 10.9. The molecule has 2 saturated heterocycles. The quantitative estimate of drug-likeness (QED) is 0.658. The first kappa shape index (κ1) is 23.2. The molecule has 31 heavy (non-hydrogen) atoms. The number of nitrogens with zero attached hydrogens (tertiary/aromatic N) is 3. The van der Waals surface area contributed by atoms with Gasteiger partial charge in [-0.15, -0.1) is 0 Å². The number of hydrogen-bond acceptors (Lipinski definition) is 6. The van der Waals surface area contributed by atoms with E-state index < -0.39 is 12.1 Å². The number of carbonyl (C=O) groups excluding carboxylic acids is 3. The molecule has 0 radical (unpaired) electrons. The largest absolute Gasteiger partial charge is 0.449 e. The molecule has 0 aliphatic carbocycles. The van der Waals surface area contributed by atoms with Crippen LogP contribution in [0.3, 0.4) is 0 Å². The summed E-state index contributed by atoms with van der Waals surface area (Å²) < 4.78 is 11.2. The van der Waals surface area contributed by atoms with Crippen LogP contribution in [0.25, 0.3) is 0 Å². The van der Waals surface area contributed by atoms with Crippen molar-refractivity contribution in [1.82, 2.24) is 14.7 Å². The monoisotopic (exact) mass is 431 g/mol. The summed E-state index contributed by atoms with van der Waals surface area (Å²) in [5, 5.41) is 0. The molecule has 1 aromatic rings. The third-order valence-corrected chi connectivity index (χ3v) is 5.76. The van der Waals surface area contributed by atoms with Crippen LogP contribution in [0, 0.1) is 0 Å². The lowest BCUT2D eigenvalue weighted by Gasteiger charge is -2.35. The van der Waals surface area contributed by atoms with E-state index in [-0.39, 0.29) is 24.0 Å². The summed E-state index contributed by atoms with van der Waals surface area (Å²) in [5.74, 6) is -0.736. The van der Waals surface area contributed by atoms with Crippen LogP contribution >= 0.6 is 0 Å². The van der Waals surface area contributed by atoms with Crippen molar-refractivity contribution in [2.75, 3.05) is 39.3 Å². The number of morpholine rings is 1. The van der Waals surface area contributed by atoms with Crippen molar-refractivity contribution in [3.05, 3.63) is 35.4 Å². The minimum Gasteiger partial charge on any atom is -0.449 e. The fourth-order valence-corrected chi connectivity index (χ4v) is 4.20. The molecule has 3 atom stereocenters. The van der Waals surface area contributed by atoms with E-state index in [9.17, 15) is 14.4 Å². The van der Waals surface area contributed by atoms with Gasteiger partial charge < -0.3 is 19.3 Å². The van der Waals surface area contributed by atoms with Crippen LogP contribution in [-0.4, -0.2) is 90.1 Å². The van der Waals surface area contributed by atoms with E-state index in [4.69, 9.17) is 9.47 Å². The third kappa shape index (κ3) is 6.27. The minimum atomic E-state index is -0.868. The molecule has 1 aromatic carbocycles. The number of ether oxygens (including phenoxy) is 2. The zero-order valence-corrected chi connectivity index (χ0v) is 18.9. The molecule has 170 valence electrons. The van der Waals surface area contributed by atoms with E-state index in [1.54, 1.807) is 28.9 Å². The lowest BCUT2D eigenvalue weighted by molar-refractivity contribution is -0.144. The fourth-order valence-electron chi connectivity index (χ4n) is 4.20. The Morgan fingerprint density at radius 3 is 2.10 bits per heavy atom. The second-order valence-electron chi connectivity index (χ2n) is 8.53. The predicted octanol–water partition coefficient (Wildman–Crippen LogP) is 1.53. The molecule has 8 heteroatoms. The SMILES string of the molecule is CC(=O)N1CCN(C(=O)C(C)OC(=O)c2ccc(CN3CC(C)OC(C)C3)cc2)CC1. The Bertz CT molecular complexity index is 779. The Kier molecular flexibility index (Phi) is 7.67. The van der Waals surface area contributed by atoms with Crippen molar-refractivity contribution in [3.8, 4) is 0 Å². The molecule has 0 saturated carbocycles. The topological polar surface area (TPSA) is 79.4 Å². The van der Waals surface area contributed by atoms with E-state index in [0.29, 0.717) is 31.7 Å². The lowest BCUT2D eigenvalue weighted by atomic mass is 10.1. The fraction of sp³-hybridized carbons (Fsp3) is 0.609. The van der Waals surface area contributed by atoms with Crippen molar-refractivity contribution in [2.24, 2.45) is 0 Å². The summed E-state index contributed by atoms with van der Waals surface area (Å²) in [4.78, 5) is 42.2. The predicted molar refractivity (Wildman–Crippen MR) is 115 cm³/mol. The molecule has 0 aromatic heterocycles. The molecule has 2 aliphatic heterocycles. The molecule has 2 heterocycles. The first-order valence-corrected chi connectivity index (χ1v) is 10.9. The van der Waals surface area contributed by atoms with Gasteiger partial charge >= 0.3 is 5.97 Å². The second-order valence-corrected chi connectivity index (χ2v) is 8.53. The van der Waals surface area contributed by atoms with Gasteiger partial charge in [0.25, 0.3) is 5.91 Å². The molecule has 0 bridgehead atoms. The number of benzene rings is 1. The molecule has 2 aliphatic rings. The van der Waals surface area contributed by atoms with Crippen molar-refractivity contribution in [1.29, 1.82) is 0 Å². The third-order valence-electron chi connectivity index (χ3n) is 5.76. The first-order chi connectivity index (χ1) is 14.7. The summed E-state index contributed by atoms with van der Waals surface area (Å²) in [6.07, 6.45) is -0.447. The zero-order chi connectivity index (χ0) is 22.5. The molecule has 2 amide bonds. The molecule has 8 nitrogen and oxygen atoms in total. The molecular formula is C23H33N3O5. The summed E-state index contributed by atoms with van der Waals surface area (Å²) >= 11 is 0. The van der Waals surface area contributed by atoms with Crippen molar-refractivity contribution >= 4 is 17.8 Å². The summed E-state index contributed by atoms with van der Waals surface area (Å²) in [6, 6.07) is 7.34. The van der Waals surface area contributed by atoms with Gasteiger partial charge in [-0.25, -0.2) is 4.79 Å². The van der Waals surface area contributed by atoms with Gasteiger partial charge in [0.15, 0.2) is 6.10 Å². The highest BCUT2D eigenvalue weighted by Gasteiger charge is 2.28. The van der Waals surface area contributed by atoms with Gasteiger partial charge in [-0.05, 0) is 38.5 Å². The lowest BCUT2D eigenvalue weighted by Crippen LogP contribution is -2.52. The maximum absolute atomic E-state index is 12.6. The van der Waals surface area contributed by atoms with Crippen LogP contribution in [0.5, 0.6) is 0 Å². The summed E-state index contributed by atoms with van der Waals surface area (Å²) in [5.41, 5.74) is 1.54. The molecule has 3 unspecified atom stereocenters. The van der Waals surface area contributed by atoms with Gasteiger partial charge in [0.1, 0.15) is 0 Å². The number of carbonyl (C=O) groups is 3. The number of piperazine rings is 1. The second kappa shape index (κ2) is 10.2. The minimum absolute atomic E-state index is 0.00710. The van der Waals surface area contributed by atoms with Crippen LogP contribution in [0.15, 0.2) is 24.3 Å². The average molecular weight is 432 g/mol. The van der Waals surface area contributed by atoms with Crippen molar-refractivity contribution in [3.63, 3.8) is 0 Å². The number of hydrogen-bond donors (Lipinski definition) is 0. The van der Waals surface area contributed by atoms with Gasteiger partial charge in [-0.1, -0.05) is 12.1 Å². The van der Waals surface area contributed by atoms with Gasteiger partial charge in [0, 0.05) is 52.7 Å². The number of esters is 1. The van der Waals surface area contributed by atoms with Crippen LogP contribution in [0.1, 0.15) is 43.6 Å². The Hall–Kier alpha value is -2.45. The molecule has 0 N–H and O–H groups in total. The number of amides is 2. The van der Waals surface area contributed by atoms with Crippen LogP contribution < -0.4 is 0 Å². The number of rotatable bonds is 5. The van der Waals surface area contributed by atoms with Crippen molar-refractivity contribution < 1.29 is 23.9 Å². The Morgan fingerprint density at radius 1 is 1.00 bits per heavy atom. The van der Waals surface area contributed by atoms with E-state index in [0.717, 1.165) is 25.2 Å². The van der Waals surface area contributed by atoms with Gasteiger partial charge in [0.05, 0.1) is 17.8 Å². The highest BCUT2D eigenvalue weighted by atomic mass is 16.5. The van der Waals surface area contributed by atoms with Gasteiger partial charge in [-0.2, -0.15) is 0 Å². The Balaban J connectivity index is 1.49. The normalized spacial score (nSPS) is 23.4. The summed E-state index contributed by atoms with van der Waals surface area (Å²) in [6.45, 7) is 11.7. The Morgan fingerprint density at radius 2 is 1.55 bits per heavy atom. The van der Waals surface area contributed by atoms with Crippen LogP contribution in [0.2, 0.25) is 0 Å². The van der Waals surface area contributed by atoms with E-state index in [2.05, 4.69) is 18.7 Å². The smallest absolute Gasteiger partial charge is 0.338 e. The molecular weight excluding hydrogens is 398 g/mol. The van der Waals surface area contributed by atoms with Gasteiger partial charge in [0.2, 0.25) is 5.91 Å². The summed E-state index contributed by atoms with van der Waals surface area (Å²) in [7, 11) is 0. The maximum atomic E-state index is 12.6. The molecule has 2 fully saturated rings. The molecule has 3 rings (SSSR count). The average Bonchev–Trinajstić information content (AvgIpc) is 2.73. The molecule has 0 spiro atoms. The maximum Gasteiger partial charge on any atom is 0.338 e. The zero-order valence-electron chi connectivity index (χ0n) is 18.9. The van der Waals surface area contributed by atoms with E-state index in [1.165, 1.54) is 6.92 Å². The highest BCUT2D eigenvalue weighted by molar-refractivity contribution is 5.92.